The van der Waals surface area contributed by atoms with Crippen LogP contribution in [0.4, 0.5) is 0 Å². The van der Waals surface area contributed by atoms with Gasteiger partial charge in [-0.05, 0) is 12.0 Å². The summed E-state index contributed by atoms with van der Waals surface area (Å²) in [6.45, 7) is 8.91. The second kappa shape index (κ2) is 15.7. The molecule has 0 atom stereocenters. The Morgan fingerprint density at radius 1 is 1.44 bits per heavy atom. The van der Waals surface area contributed by atoms with Crippen LogP contribution in [0, 0.1) is 0 Å². The summed E-state index contributed by atoms with van der Waals surface area (Å²) in [4.78, 5) is 0. The third-order valence-electron chi connectivity index (χ3n) is 0.762. The molecule has 0 aromatic heterocycles. The Morgan fingerprint density at radius 3 is 2.00 bits per heavy atom. The molecule has 54 valence electrons. The van der Waals surface area contributed by atoms with Crippen molar-refractivity contribution >= 4 is 11.6 Å². The molecule has 0 aromatic rings. The van der Waals surface area contributed by atoms with Gasteiger partial charge in [0, 0.05) is 0 Å². The molecule has 0 aliphatic carbocycles. The number of hydrogen-bond donors (Lipinski definition) is 0. The van der Waals surface area contributed by atoms with Crippen LogP contribution in [-0.4, -0.2) is 0 Å². The summed E-state index contributed by atoms with van der Waals surface area (Å²) >= 11 is 4.76. The van der Waals surface area contributed by atoms with Crippen LogP contribution in [0.3, 0.4) is 0 Å². The molecule has 0 aliphatic rings. The molecule has 0 spiro atoms. The van der Waals surface area contributed by atoms with E-state index in [1.165, 1.54) is 24.8 Å². The molecule has 0 N–H and O–H groups in total. The van der Waals surface area contributed by atoms with Crippen LogP contribution < -0.4 is 0 Å². The van der Waals surface area contributed by atoms with E-state index in [9.17, 15) is 0 Å². The van der Waals surface area contributed by atoms with E-state index in [1.54, 1.807) is 0 Å². The predicted octanol–water partition coefficient (Wildman–Crippen LogP) is 3.73. The lowest BCUT2D eigenvalue weighted by molar-refractivity contribution is 0.816. The van der Waals surface area contributed by atoms with Gasteiger partial charge in [-0.1, -0.05) is 44.0 Å². The van der Waals surface area contributed by atoms with Gasteiger partial charge in [0.2, 0.25) is 0 Å². The Balaban J connectivity index is 0. The van der Waals surface area contributed by atoms with Gasteiger partial charge in [-0.2, -0.15) is 0 Å². The topological polar surface area (TPSA) is 0 Å². The van der Waals surface area contributed by atoms with Crippen LogP contribution in [0.25, 0.3) is 0 Å². The summed E-state index contributed by atoms with van der Waals surface area (Å²) in [7, 11) is 0. The molecule has 0 heterocycles. The van der Waals surface area contributed by atoms with Crippen LogP contribution in [-0.2, 0) is 0 Å². The first-order valence-electron chi connectivity index (χ1n) is 3.15. The summed E-state index contributed by atoms with van der Waals surface area (Å²) in [5, 5.41) is 0. The highest BCUT2D eigenvalue weighted by Crippen LogP contribution is 1.91. The normalized spacial score (nSPS) is 6.89. The molecule has 9 heavy (non-hydrogen) atoms. The fraction of sp³-hybridized carbons (Fsp3) is 0.500. The van der Waals surface area contributed by atoms with Crippen LogP contribution >= 0.6 is 11.6 Å². The zero-order valence-electron chi connectivity index (χ0n) is 6.07. The summed E-state index contributed by atoms with van der Waals surface area (Å²) in [5.74, 6) is 0. The first-order valence-corrected chi connectivity index (χ1v) is 3.59. The van der Waals surface area contributed by atoms with Gasteiger partial charge >= 0.3 is 0 Å². The minimum absolute atomic E-state index is 1.18. The maximum absolute atomic E-state index is 4.76. The third kappa shape index (κ3) is 33.7. The van der Waals surface area contributed by atoms with Crippen molar-refractivity contribution in [2.24, 2.45) is 0 Å². The van der Waals surface area contributed by atoms with Crippen LogP contribution in [0.1, 0.15) is 26.2 Å². The highest BCUT2D eigenvalue weighted by Gasteiger charge is 1.71. The Hall–Kier alpha value is -0.230. The highest BCUT2D eigenvalue weighted by molar-refractivity contribution is 6.25. The van der Waals surface area contributed by atoms with Crippen LogP contribution in [0.2, 0.25) is 0 Å². The van der Waals surface area contributed by atoms with E-state index < -0.39 is 0 Å². The molecule has 0 saturated heterocycles. The third-order valence-corrected chi connectivity index (χ3v) is 0.762. The van der Waals surface area contributed by atoms with Gasteiger partial charge in [0.15, 0.2) is 0 Å². The predicted molar refractivity (Wildman–Crippen MR) is 45.8 cm³/mol. The lowest BCUT2D eigenvalue weighted by Crippen LogP contribution is -1.61. The smallest absolute Gasteiger partial charge is 0.00296 e. The van der Waals surface area contributed by atoms with E-state index in [0.29, 0.717) is 0 Å². The molecule has 0 aromatic carbocycles. The number of hydrogen-bond acceptors (Lipinski definition) is 0. The van der Waals surface area contributed by atoms with Gasteiger partial charge in [-0.15, -0.1) is 6.58 Å². The van der Waals surface area contributed by atoms with Crippen molar-refractivity contribution in [1.82, 2.24) is 0 Å². The van der Waals surface area contributed by atoms with Crippen molar-refractivity contribution in [2.75, 3.05) is 0 Å². The number of rotatable bonds is 3. The second-order valence-electron chi connectivity index (χ2n) is 1.59. The number of unbranched alkanes of at least 4 members (excludes halogenated alkanes) is 2. The number of allylic oxidation sites excluding steroid dienone is 1. The van der Waals surface area contributed by atoms with Crippen LogP contribution in [0.5, 0.6) is 0 Å². The zero-order valence-corrected chi connectivity index (χ0v) is 6.82. The summed E-state index contributed by atoms with van der Waals surface area (Å²) in [6.07, 6.45) is 5.72. The van der Waals surface area contributed by atoms with Crippen molar-refractivity contribution < 1.29 is 0 Å². The molecule has 0 nitrogen and oxygen atoms in total. The molecular weight excluding hydrogens is 132 g/mol. The van der Waals surface area contributed by atoms with Gasteiger partial charge in [0.05, 0.1) is 0 Å². The fourth-order valence-corrected chi connectivity index (χ4v) is 0.348. The first-order chi connectivity index (χ1) is 4.33. The van der Waals surface area contributed by atoms with E-state index in [-0.39, 0.29) is 0 Å². The molecule has 0 aliphatic heterocycles. The maximum Gasteiger partial charge on any atom is -0.00296 e. The van der Waals surface area contributed by atoms with Gasteiger partial charge in [0.1, 0.15) is 0 Å². The van der Waals surface area contributed by atoms with Crippen molar-refractivity contribution in [3.63, 3.8) is 0 Å². The molecule has 0 unspecified atom stereocenters. The maximum atomic E-state index is 4.76. The van der Waals surface area contributed by atoms with Crippen molar-refractivity contribution in [2.45, 2.75) is 26.2 Å². The molecule has 0 rings (SSSR count). The SMILES string of the molecule is C=CCCCC.C=CCl. The summed E-state index contributed by atoms with van der Waals surface area (Å²) in [5.41, 5.74) is 1.22. The molecular formula is C8H15Cl. The van der Waals surface area contributed by atoms with E-state index in [2.05, 4.69) is 20.1 Å². The minimum atomic E-state index is 1.18. The van der Waals surface area contributed by atoms with Gasteiger partial charge in [-0.3, -0.25) is 0 Å². The van der Waals surface area contributed by atoms with Crippen molar-refractivity contribution in [3.8, 4) is 0 Å². The lowest BCUT2D eigenvalue weighted by atomic mass is 10.3. The van der Waals surface area contributed by atoms with Crippen molar-refractivity contribution in [1.29, 1.82) is 0 Å². The first kappa shape index (κ1) is 11.6. The number of halogens is 1. The second-order valence-corrected chi connectivity index (χ2v) is 1.89. The molecule has 0 bridgehead atoms. The highest BCUT2D eigenvalue weighted by atomic mass is 35.5. The average Bonchev–Trinajstić information content (AvgIpc) is 1.86. The quantitative estimate of drug-likeness (QED) is 0.421. The summed E-state index contributed by atoms with van der Waals surface area (Å²) in [6, 6.07) is 0. The largest absolute Gasteiger partial charge is 0.103 e. The van der Waals surface area contributed by atoms with Crippen molar-refractivity contribution in [3.05, 3.63) is 24.8 Å². The Labute approximate surface area is 63.2 Å². The fourth-order valence-electron chi connectivity index (χ4n) is 0.348. The Kier molecular flexibility index (Phi) is 20.1. The van der Waals surface area contributed by atoms with E-state index in [4.69, 9.17) is 11.6 Å². The van der Waals surface area contributed by atoms with Crippen LogP contribution in [0.15, 0.2) is 24.8 Å². The van der Waals surface area contributed by atoms with Gasteiger partial charge in [-0.25, -0.2) is 0 Å². The van der Waals surface area contributed by atoms with E-state index in [0.717, 1.165) is 0 Å². The van der Waals surface area contributed by atoms with E-state index in [1.807, 2.05) is 6.08 Å². The van der Waals surface area contributed by atoms with Gasteiger partial charge < -0.3 is 0 Å². The molecule has 0 amide bonds. The molecule has 0 saturated carbocycles. The standard InChI is InChI=1S/C6H12.C2H3Cl/c1-3-5-6-4-2;1-2-3/h3H,1,4-6H2,2H3;2H,1H2. The van der Waals surface area contributed by atoms with Gasteiger partial charge in [0.25, 0.3) is 0 Å². The molecule has 1 heteroatoms. The summed E-state index contributed by atoms with van der Waals surface area (Å²) < 4.78 is 0. The zero-order chi connectivity index (χ0) is 7.54. The Morgan fingerprint density at radius 2 is 1.89 bits per heavy atom. The monoisotopic (exact) mass is 146 g/mol. The van der Waals surface area contributed by atoms with E-state index >= 15 is 0 Å². The molecule has 0 radical (unpaired) electrons. The average molecular weight is 147 g/mol. The Bertz CT molecular complexity index is 57.6. The molecule has 0 fully saturated rings. The minimum Gasteiger partial charge on any atom is -0.103 e. The lowest BCUT2D eigenvalue weighted by Gasteiger charge is -1.81.